The molecule has 6 heteroatoms. The van der Waals surface area contributed by atoms with Gasteiger partial charge in [0.2, 0.25) is 0 Å². The Morgan fingerprint density at radius 2 is 2.05 bits per heavy atom. The number of urea groups is 1. The number of hydrogen-bond donors (Lipinski definition) is 3. The van der Waals surface area contributed by atoms with E-state index in [2.05, 4.69) is 17.6 Å². The van der Waals surface area contributed by atoms with Gasteiger partial charge in [0.15, 0.2) is 0 Å². The molecule has 1 aromatic rings. The van der Waals surface area contributed by atoms with E-state index < -0.39 is 18.0 Å². The Morgan fingerprint density at radius 1 is 1.33 bits per heavy atom. The van der Waals surface area contributed by atoms with E-state index >= 15 is 0 Å². The van der Waals surface area contributed by atoms with Crippen LogP contribution in [0.3, 0.4) is 0 Å². The first-order chi connectivity index (χ1) is 10.1. The fourth-order valence-corrected chi connectivity index (χ4v) is 2.41. The Hall–Kier alpha value is -1.69. The van der Waals surface area contributed by atoms with Crippen molar-refractivity contribution in [3.8, 4) is 0 Å². The van der Waals surface area contributed by atoms with Crippen molar-refractivity contribution in [3.05, 3.63) is 29.8 Å². The van der Waals surface area contributed by atoms with Gasteiger partial charge in [-0.05, 0) is 36.5 Å². The van der Waals surface area contributed by atoms with Crippen molar-refractivity contribution in [1.29, 1.82) is 0 Å². The number of carbonyl (C=O) groups is 2. The molecule has 0 aromatic heterocycles. The number of nitrogens with one attached hydrogen (secondary N) is 2. The van der Waals surface area contributed by atoms with Gasteiger partial charge < -0.3 is 15.7 Å². The van der Waals surface area contributed by atoms with Gasteiger partial charge in [0, 0.05) is 5.69 Å². The number of carboxylic acids is 1. The summed E-state index contributed by atoms with van der Waals surface area (Å²) in [6, 6.07) is 6.20. The van der Waals surface area contributed by atoms with Gasteiger partial charge in [-0.1, -0.05) is 31.5 Å². The largest absolute Gasteiger partial charge is 0.480 e. The van der Waals surface area contributed by atoms with Gasteiger partial charge in [-0.2, -0.15) is 11.8 Å². The number of para-hydroxylation sites is 1. The molecular weight excluding hydrogens is 288 g/mol. The van der Waals surface area contributed by atoms with Crippen LogP contribution in [0, 0.1) is 0 Å². The molecule has 0 saturated carbocycles. The molecule has 0 aliphatic heterocycles. The summed E-state index contributed by atoms with van der Waals surface area (Å²) in [5.74, 6) is -0.329. The van der Waals surface area contributed by atoms with Crippen LogP contribution in [0.25, 0.3) is 0 Å². The van der Waals surface area contributed by atoms with Crippen LogP contribution in [0.5, 0.6) is 0 Å². The van der Waals surface area contributed by atoms with Gasteiger partial charge in [-0.25, -0.2) is 9.59 Å². The molecule has 116 valence electrons. The summed E-state index contributed by atoms with van der Waals surface area (Å²) in [5.41, 5.74) is 1.77. The molecule has 1 aromatic carbocycles. The van der Waals surface area contributed by atoms with Crippen LogP contribution in [0.4, 0.5) is 10.5 Å². The number of aliphatic carboxylic acids is 1. The van der Waals surface area contributed by atoms with E-state index in [0.29, 0.717) is 12.2 Å². The molecule has 1 atom stereocenters. The number of carbonyl (C=O) groups excluding carboxylic acids is 1. The lowest BCUT2D eigenvalue weighted by Gasteiger charge is -2.16. The first-order valence-corrected chi connectivity index (χ1v) is 8.35. The number of hydrogen-bond acceptors (Lipinski definition) is 3. The third-order valence-corrected chi connectivity index (χ3v) is 3.64. The molecule has 1 rings (SSSR count). The maximum atomic E-state index is 12.0. The quantitative estimate of drug-likeness (QED) is 0.690. The molecule has 0 unspecified atom stereocenters. The lowest BCUT2D eigenvalue weighted by Crippen LogP contribution is -2.43. The van der Waals surface area contributed by atoms with Crippen LogP contribution >= 0.6 is 11.8 Å². The van der Waals surface area contributed by atoms with Crippen molar-refractivity contribution in [2.75, 3.05) is 17.3 Å². The van der Waals surface area contributed by atoms with Crippen LogP contribution in [0.2, 0.25) is 0 Å². The molecular formula is C15H22N2O3S. The molecule has 0 fully saturated rings. The molecule has 2 amide bonds. The van der Waals surface area contributed by atoms with Crippen molar-refractivity contribution in [1.82, 2.24) is 5.32 Å². The van der Waals surface area contributed by atoms with E-state index in [1.165, 1.54) is 0 Å². The Balaban J connectivity index is 2.65. The highest BCUT2D eigenvalue weighted by atomic mass is 32.2. The van der Waals surface area contributed by atoms with Crippen LogP contribution in [0.1, 0.15) is 25.3 Å². The molecule has 0 aliphatic carbocycles. The lowest BCUT2D eigenvalue weighted by atomic mass is 10.1. The zero-order chi connectivity index (χ0) is 15.7. The van der Waals surface area contributed by atoms with E-state index in [1.54, 1.807) is 11.8 Å². The average Bonchev–Trinajstić information content (AvgIpc) is 2.45. The zero-order valence-corrected chi connectivity index (χ0v) is 13.2. The first kappa shape index (κ1) is 17.4. The number of carboxylic acid groups (broad SMARTS) is 1. The summed E-state index contributed by atoms with van der Waals surface area (Å²) in [5, 5.41) is 14.3. The molecule has 0 heterocycles. The van der Waals surface area contributed by atoms with E-state index in [9.17, 15) is 9.59 Å². The minimum absolute atomic E-state index is 0.403. The molecule has 5 nitrogen and oxygen atoms in total. The number of aryl methyl sites for hydroxylation is 1. The Morgan fingerprint density at radius 3 is 2.67 bits per heavy atom. The predicted octanol–water partition coefficient (Wildman–Crippen LogP) is 2.97. The first-order valence-electron chi connectivity index (χ1n) is 6.95. The Bertz CT molecular complexity index is 480. The topological polar surface area (TPSA) is 78.4 Å². The summed E-state index contributed by atoms with van der Waals surface area (Å²) >= 11 is 1.55. The summed E-state index contributed by atoms with van der Waals surface area (Å²) in [6.07, 6.45) is 4.15. The highest BCUT2D eigenvalue weighted by Gasteiger charge is 2.19. The normalized spacial score (nSPS) is 11.7. The summed E-state index contributed by atoms with van der Waals surface area (Å²) < 4.78 is 0. The van der Waals surface area contributed by atoms with Crippen molar-refractivity contribution >= 4 is 29.4 Å². The van der Waals surface area contributed by atoms with Gasteiger partial charge in [-0.3, -0.25) is 0 Å². The zero-order valence-electron chi connectivity index (χ0n) is 12.4. The molecule has 0 aliphatic rings. The fourth-order valence-electron chi connectivity index (χ4n) is 1.94. The molecule has 0 spiro atoms. The molecule has 0 bridgehead atoms. The van der Waals surface area contributed by atoms with Gasteiger partial charge in [0.05, 0.1) is 0 Å². The number of amides is 2. The van der Waals surface area contributed by atoms with Crippen molar-refractivity contribution in [2.45, 2.75) is 32.2 Å². The fraction of sp³-hybridized carbons (Fsp3) is 0.467. The van der Waals surface area contributed by atoms with Crippen LogP contribution in [0.15, 0.2) is 24.3 Å². The summed E-state index contributed by atoms with van der Waals surface area (Å²) in [4.78, 5) is 23.1. The Kier molecular flexibility index (Phi) is 7.68. The highest BCUT2D eigenvalue weighted by Crippen LogP contribution is 2.16. The summed E-state index contributed by atoms with van der Waals surface area (Å²) in [7, 11) is 0. The van der Waals surface area contributed by atoms with Crippen LogP contribution < -0.4 is 10.6 Å². The average molecular weight is 310 g/mol. The van der Waals surface area contributed by atoms with E-state index in [1.807, 2.05) is 30.5 Å². The van der Waals surface area contributed by atoms with E-state index in [-0.39, 0.29) is 0 Å². The predicted molar refractivity (Wildman–Crippen MR) is 87.0 cm³/mol. The smallest absolute Gasteiger partial charge is 0.326 e. The number of thioether (sulfide) groups is 1. The second-order valence-electron chi connectivity index (χ2n) is 4.68. The molecule has 0 radical (unpaired) electrons. The minimum atomic E-state index is -1.01. The van der Waals surface area contributed by atoms with E-state index in [4.69, 9.17) is 5.11 Å². The summed E-state index contributed by atoms with van der Waals surface area (Å²) in [6.45, 7) is 2.07. The number of benzene rings is 1. The third-order valence-electron chi connectivity index (χ3n) is 3.00. The highest BCUT2D eigenvalue weighted by molar-refractivity contribution is 7.98. The van der Waals surface area contributed by atoms with Crippen molar-refractivity contribution < 1.29 is 14.7 Å². The maximum Gasteiger partial charge on any atom is 0.326 e. The second-order valence-corrected chi connectivity index (χ2v) is 5.66. The number of anilines is 1. The van der Waals surface area contributed by atoms with Crippen LogP contribution in [-0.2, 0) is 11.2 Å². The van der Waals surface area contributed by atoms with Gasteiger partial charge >= 0.3 is 12.0 Å². The van der Waals surface area contributed by atoms with Crippen molar-refractivity contribution in [2.24, 2.45) is 0 Å². The number of rotatable bonds is 8. The molecule has 21 heavy (non-hydrogen) atoms. The second kappa shape index (κ2) is 9.28. The monoisotopic (exact) mass is 310 g/mol. The Labute approximate surface area is 129 Å². The van der Waals surface area contributed by atoms with Gasteiger partial charge in [0.1, 0.15) is 6.04 Å². The van der Waals surface area contributed by atoms with E-state index in [0.717, 1.165) is 24.1 Å². The molecule has 3 N–H and O–H groups in total. The van der Waals surface area contributed by atoms with Crippen molar-refractivity contribution in [3.63, 3.8) is 0 Å². The maximum absolute atomic E-state index is 12.0. The lowest BCUT2D eigenvalue weighted by molar-refractivity contribution is -0.139. The van der Waals surface area contributed by atoms with Gasteiger partial charge in [-0.15, -0.1) is 0 Å². The van der Waals surface area contributed by atoms with Gasteiger partial charge in [0.25, 0.3) is 0 Å². The SMILES string of the molecule is CCCc1ccccc1NC(=O)N[C@H](CCSC)C(=O)O. The molecule has 0 saturated heterocycles. The standard InChI is InChI=1S/C15H22N2O3S/c1-3-6-11-7-4-5-8-12(11)16-15(20)17-13(14(18)19)9-10-21-2/h4-5,7-8,13H,3,6,9-10H2,1-2H3,(H,18,19)(H2,16,17,20)/t13-/m1/s1. The van der Waals surface area contributed by atoms with Crippen LogP contribution in [-0.4, -0.2) is 35.2 Å². The minimum Gasteiger partial charge on any atom is -0.480 e. The third kappa shape index (κ3) is 6.08.